The first kappa shape index (κ1) is 22.0. The molecule has 1 fully saturated rings. The van der Waals surface area contributed by atoms with Crippen LogP contribution in [0, 0.1) is 0 Å². The Hall–Kier alpha value is -2.28. The summed E-state index contributed by atoms with van der Waals surface area (Å²) in [4.78, 5) is 39.6. The highest BCUT2D eigenvalue weighted by Gasteiger charge is 2.23. The number of carbonyl (C=O) groups is 3. The van der Waals surface area contributed by atoms with Crippen LogP contribution in [0.15, 0.2) is 18.2 Å². The summed E-state index contributed by atoms with van der Waals surface area (Å²) in [6, 6.07) is 5.04. The number of piperazine rings is 1. The lowest BCUT2D eigenvalue weighted by Gasteiger charge is -2.34. The van der Waals surface area contributed by atoms with Crippen molar-refractivity contribution < 1.29 is 14.4 Å². The molecule has 3 amide bonds. The van der Waals surface area contributed by atoms with Gasteiger partial charge in [0.05, 0.1) is 17.1 Å². The van der Waals surface area contributed by atoms with E-state index in [0.717, 1.165) is 6.42 Å². The maximum absolute atomic E-state index is 12.4. The van der Waals surface area contributed by atoms with E-state index in [-0.39, 0.29) is 29.8 Å². The largest absolute Gasteiger partial charge is 0.376 e. The van der Waals surface area contributed by atoms with Gasteiger partial charge in [0, 0.05) is 44.3 Å². The summed E-state index contributed by atoms with van der Waals surface area (Å²) >= 11 is 6.27. The highest BCUT2D eigenvalue weighted by molar-refractivity contribution is 6.34. The molecule has 0 unspecified atom stereocenters. The van der Waals surface area contributed by atoms with E-state index < -0.39 is 0 Å². The predicted molar refractivity (Wildman–Crippen MR) is 111 cm³/mol. The van der Waals surface area contributed by atoms with E-state index in [2.05, 4.69) is 10.6 Å². The Balaban J connectivity index is 1.90. The van der Waals surface area contributed by atoms with Crippen molar-refractivity contribution in [3.8, 4) is 0 Å². The Bertz CT molecular complexity index is 743. The summed E-state index contributed by atoms with van der Waals surface area (Å²) in [6.45, 7) is 9.77. The van der Waals surface area contributed by atoms with Crippen molar-refractivity contribution in [2.75, 3.05) is 38.0 Å². The third-order valence-corrected chi connectivity index (χ3v) is 5.38. The molecule has 2 rings (SSSR count). The van der Waals surface area contributed by atoms with Crippen LogP contribution in [0.1, 0.15) is 44.5 Å². The van der Waals surface area contributed by atoms with Gasteiger partial charge in [0.25, 0.3) is 5.91 Å². The molecule has 8 heteroatoms. The van der Waals surface area contributed by atoms with Crippen molar-refractivity contribution in [3.63, 3.8) is 0 Å². The number of nitrogens with zero attached hydrogens (tertiary/aromatic N) is 2. The van der Waals surface area contributed by atoms with Crippen LogP contribution in [-0.4, -0.2) is 65.8 Å². The summed E-state index contributed by atoms with van der Waals surface area (Å²) < 4.78 is 0. The maximum atomic E-state index is 12.4. The molecule has 0 aliphatic carbocycles. The lowest BCUT2D eigenvalue weighted by Crippen LogP contribution is -2.51. The Morgan fingerprint density at radius 3 is 2.25 bits per heavy atom. The van der Waals surface area contributed by atoms with Crippen LogP contribution < -0.4 is 10.6 Å². The first-order valence-corrected chi connectivity index (χ1v) is 9.90. The first-order valence-electron chi connectivity index (χ1n) is 9.52. The number of hydrogen-bond acceptors (Lipinski definition) is 4. The van der Waals surface area contributed by atoms with Gasteiger partial charge in [0.1, 0.15) is 0 Å². The number of nitrogens with one attached hydrogen (secondary N) is 2. The smallest absolute Gasteiger partial charge is 0.253 e. The minimum atomic E-state index is -0.309. The molecule has 1 aliphatic heterocycles. The second kappa shape index (κ2) is 9.28. The minimum Gasteiger partial charge on any atom is -0.376 e. The van der Waals surface area contributed by atoms with E-state index in [1.165, 1.54) is 6.92 Å². The number of amides is 3. The molecule has 0 saturated carbocycles. The van der Waals surface area contributed by atoms with Crippen molar-refractivity contribution >= 4 is 35.0 Å². The van der Waals surface area contributed by atoms with Crippen molar-refractivity contribution in [1.82, 2.24) is 15.1 Å². The van der Waals surface area contributed by atoms with Gasteiger partial charge in [0.15, 0.2) is 0 Å². The van der Waals surface area contributed by atoms with Crippen molar-refractivity contribution in [2.45, 2.75) is 39.7 Å². The van der Waals surface area contributed by atoms with Gasteiger partial charge in [-0.1, -0.05) is 18.5 Å². The fourth-order valence-electron chi connectivity index (χ4n) is 2.83. The van der Waals surface area contributed by atoms with Gasteiger partial charge in [-0.25, -0.2) is 0 Å². The third-order valence-electron chi connectivity index (χ3n) is 5.07. The Kier molecular flexibility index (Phi) is 7.29. The average Bonchev–Trinajstić information content (AvgIpc) is 2.65. The highest BCUT2D eigenvalue weighted by Crippen LogP contribution is 2.22. The Labute approximate surface area is 171 Å². The number of carbonyl (C=O) groups excluding carboxylic acids is 3. The fraction of sp³-hybridized carbons (Fsp3) is 0.550. The number of rotatable bonds is 6. The van der Waals surface area contributed by atoms with E-state index >= 15 is 0 Å². The van der Waals surface area contributed by atoms with Gasteiger partial charge < -0.3 is 20.4 Å². The standard InChI is InChI=1S/C20H29ClN4O3/c1-5-20(3,4)23-19(28)16-7-6-15(12-17(16)21)22-13-18(27)25-10-8-24(9-11-25)14(2)26/h6-7,12,22H,5,8-11,13H2,1-4H3,(H,23,28). The average molecular weight is 409 g/mol. The monoisotopic (exact) mass is 408 g/mol. The lowest BCUT2D eigenvalue weighted by atomic mass is 10.0. The SMILES string of the molecule is CCC(C)(C)NC(=O)c1ccc(NCC(=O)N2CCN(C(C)=O)CC2)cc1Cl. The molecule has 28 heavy (non-hydrogen) atoms. The zero-order valence-corrected chi connectivity index (χ0v) is 17.7. The topological polar surface area (TPSA) is 81.8 Å². The molecule has 1 aromatic rings. The summed E-state index contributed by atoms with van der Waals surface area (Å²) in [6.07, 6.45) is 0.804. The van der Waals surface area contributed by atoms with Gasteiger partial charge in [0.2, 0.25) is 11.8 Å². The molecular formula is C20H29ClN4O3. The molecule has 0 radical (unpaired) electrons. The van der Waals surface area contributed by atoms with Crippen molar-refractivity contribution in [2.24, 2.45) is 0 Å². The molecule has 154 valence electrons. The lowest BCUT2D eigenvalue weighted by molar-refractivity contribution is -0.137. The van der Waals surface area contributed by atoms with Crippen LogP contribution in [0.5, 0.6) is 0 Å². The molecular weight excluding hydrogens is 380 g/mol. The molecule has 1 aromatic carbocycles. The summed E-state index contributed by atoms with van der Waals surface area (Å²) in [5.74, 6) is -0.222. The second-order valence-electron chi connectivity index (χ2n) is 7.63. The summed E-state index contributed by atoms with van der Waals surface area (Å²) in [5, 5.41) is 6.34. The van der Waals surface area contributed by atoms with Gasteiger partial charge in [-0.3, -0.25) is 14.4 Å². The second-order valence-corrected chi connectivity index (χ2v) is 8.03. The first-order chi connectivity index (χ1) is 13.1. The van der Waals surface area contributed by atoms with E-state index in [9.17, 15) is 14.4 Å². The van der Waals surface area contributed by atoms with Crippen LogP contribution in [0.3, 0.4) is 0 Å². The zero-order valence-electron chi connectivity index (χ0n) is 17.0. The van der Waals surface area contributed by atoms with E-state index in [4.69, 9.17) is 11.6 Å². The number of halogens is 1. The van der Waals surface area contributed by atoms with Gasteiger partial charge in [-0.2, -0.15) is 0 Å². The van der Waals surface area contributed by atoms with Crippen LogP contribution >= 0.6 is 11.6 Å². The number of anilines is 1. The molecule has 0 spiro atoms. The quantitative estimate of drug-likeness (QED) is 0.757. The van der Waals surface area contributed by atoms with Gasteiger partial charge in [-0.15, -0.1) is 0 Å². The van der Waals surface area contributed by atoms with Crippen molar-refractivity contribution in [3.05, 3.63) is 28.8 Å². The summed E-state index contributed by atoms with van der Waals surface area (Å²) in [5.41, 5.74) is 0.767. The third kappa shape index (κ3) is 5.86. The molecule has 2 N–H and O–H groups in total. The molecule has 1 heterocycles. The molecule has 7 nitrogen and oxygen atoms in total. The number of hydrogen-bond donors (Lipinski definition) is 2. The molecule has 1 saturated heterocycles. The zero-order chi connectivity index (χ0) is 20.9. The molecule has 0 aromatic heterocycles. The minimum absolute atomic E-state index is 0.0336. The Morgan fingerprint density at radius 1 is 1.11 bits per heavy atom. The Morgan fingerprint density at radius 2 is 1.71 bits per heavy atom. The van der Waals surface area contributed by atoms with Crippen LogP contribution in [-0.2, 0) is 9.59 Å². The van der Waals surface area contributed by atoms with Crippen LogP contribution in [0.2, 0.25) is 5.02 Å². The molecule has 1 aliphatic rings. The van der Waals surface area contributed by atoms with E-state index in [1.54, 1.807) is 28.0 Å². The highest BCUT2D eigenvalue weighted by atomic mass is 35.5. The van der Waals surface area contributed by atoms with Crippen LogP contribution in [0.25, 0.3) is 0 Å². The normalized spacial score (nSPS) is 14.6. The fourth-order valence-corrected chi connectivity index (χ4v) is 3.10. The summed E-state index contributed by atoms with van der Waals surface area (Å²) in [7, 11) is 0. The molecule has 0 atom stereocenters. The maximum Gasteiger partial charge on any atom is 0.253 e. The predicted octanol–water partition coefficient (Wildman–Crippen LogP) is 2.36. The van der Waals surface area contributed by atoms with Gasteiger partial charge >= 0.3 is 0 Å². The van der Waals surface area contributed by atoms with E-state index in [1.807, 2.05) is 20.8 Å². The van der Waals surface area contributed by atoms with Crippen molar-refractivity contribution in [1.29, 1.82) is 0 Å². The molecule has 0 bridgehead atoms. The van der Waals surface area contributed by atoms with Crippen LogP contribution in [0.4, 0.5) is 5.69 Å². The number of benzene rings is 1. The van der Waals surface area contributed by atoms with Gasteiger partial charge in [-0.05, 0) is 38.5 Å². The van der Waals surface area contributed by atoms with E-state index in [0.29, 0.717) is 42.5 Å².